The summed E-state index contributed by atoms with van der Waals surface area (Å²) >= 11 is 0. The number of methoxy groups -OCH3 is 1. The molecular formula is C14H14O2S. The van der Waals surface area contributed by atoms with Gasteiger partial charge in [0, 0.05) is 9.79 Å². The summed E-state index contributed by atoms with van der Waals surface area (Å²) in [6.07, 6.45) is 0. The zero-order valence-corrected chi connectivity index (χ0v) is 10.7. The van der Waals surface area contributed by atoms with Crippen LogP contribution in [0.3, 0.4) is 0 Å². The van der Waals surface area contributed by atoms with Gasteiger partial charge in [-0.05, 0) is 43.3 Å². The molecule has 0 spiro atoms. The maximum atomic E-state index is 12.2. The van der Waals surface area contributed by atoms with Gasteiger partial charge in [-0.3, -0.25) is 0 Å². The average molecular weight is 246 g/mol. The summed E-state index contributed by atoms with van der Waals surface area (Å²) in [4.78, 5) is 1.61. The smallest absolute Gasteiger partial charge is 0.118 e. The first-order valence-electron chi connectivity index (χ1n) is 5.33. The molecule has 0 aliphatic carbocycles. The van der Waals surface area contributed by atoms with Crippen molar-refractivity contribution in [2.45, 2.75) is 16.7 Å². The molecule has 2 aromatic carbocycles. The van der Waals surface area contributed by atoms with Gasteiger partial charge in [-0.25, -0.2) is 4.21 Å². The molecular weight excluding hydrogens is 232 g/mol. The Balaban J connectivity index is 2.27. The molecule has 0 aliphatic heterocycles. The Morgan fingerprint density at radius 1 is 0.882 bits per heavy atom. The molecule has 2 nitrogen and oxygen atoms in total. The minimum absolute atomic E-state index is 0.773. The summed E-state index contributed by atoms with van der Waals surface area (Å²) in [5.74, 6) is 0.773. The van der Waals surface area contributed by atoms with Crippen LogP contribution in [0, 0.1) is 6.92 Å². The van der Waals surface area contributed by atoms with Crippen LogP contribution >= 0.6 is 0 Å². The second-order valence-electron chi connectivity index (χ2n) is 3.76. The van der Waals surface area contributed by atoms with Crippen LogP contribution in [0.1, 0.15) is 5.56 Å². The zero-order valence-electron chi connectivity index (χ0n) is 9.84. The molecule has 0 amide bonds. The predicted molar refractivity (Wildman–Crippen MR) is 68.8 cm³/mol. The molecule has 0 bridgehead atoms. The molecule has 17 heavy (non-hydrogen) atoms. The van der Waals surface area contributed by atoms with Gasteiger partial charge < -0.3 is 4.74 Å². The zero-order chi connectivity index (χ0) is 12.3. The number of benzene rings is 2. The van der Waals surface area contributed by atoms with Crippen molar-refractivity contribution in [2.75, 3.05) is 7.11 Å². The van der Waals surface area contributed by atoms with Crippen molar-refractivity contribution in [3.63, 3.8) is 0 Å². The summed E-state index contributed by atoms with van der Waals surface area (Å²) in [5.41, 5.74) is 1.17. The first-order valence-corrected chi connectivity index (χ1v) is 6.48. The predicted octanol–water partition coefficient (Wildman–Crippen LogP) is 3.17. The second kappa shape index (κ2) is 5.15. The quantitative estimate of drug-likeness (QED) is 0.831. The lowest BCUT2D eigenvalue weighted by molar-refractivity contribution is 0.414. The first kappa shape index (κ1) is 11.9. The van der Waals surface area contributed by atoms with E-state index in [0.717, 1.165) is 15.5 Å². The second-order valence-corrected chi connectivity index (χ2v) is 5.24. The molecule has 0 aromatic heterocycles. The SMILES string of the molecule is COc1ccc([S@](=O)c2ccc(C)cc2)cc1. The third kappa shape index (κ3) is 2.74. The molecule has 88 valence electrons. The van der Waals surface area contributed by atoms with Gasteiger partial charge in [0.15, 0.2) is 0 Å². The lowest BCUT2D eigenvalue weighted by Gasteiger charge is -2.04. The highest BCUT2D eigenvalue weighted by Gasteiger charge is 2.06. The lowest BCUT2D eigenvalue weighted by Crippen LogP contribution is -1.93. The fraction of sp³-hybridized carbons (Fsp3) is 0.143. The fourth-order valence-corrected chi connectivity index (χ4v) is 2.54. The van der Waals surface area contributed by atoms with Crippen LogP contribution in [0.25, 0.3) is 0 Å². The monoisotopic (exact) mass is 246 g/mol. The lowest BCUT2D eigenvalue weighted by atomic mass is 10.2. The van der Waals surface area contributed by atoms with Crippen LogP contribution in [0.2, 0.25) is 0 Å². The molecule has 0 saturated heterocycles. The molecule has 0 saturated carbocycles. The van der Waals surface area contributed by atoms with Crippen molar-refractivity contribution in [1.29, 1.82) is 0 Å². The Bertz CT molecular complexity index is 515. The Labute approximate surface area is 104 Å². The number of aryl methyl sites for hydroxylation is 1. The van der Waals surface area contributed by atoms with E-state index in [1.54, 1.807) is 7.11 Å². The number of rotatable bonds is 3. The normalized spacial score (nSPS) is 12.1. The summed E-state index contributed by atoms with van der Waals surface area (Å²) in [7, 11) is 0.496. The Kier molecular flexibility index (Phi) is 3.59. The molecule has 0 aliphatic rings. The summed E-state index contributed by atoms with van der Waals surface area (Å²) in [6.45, 7) is 2.01. The molecule has 0 radical (unpaired) electrons. The van der Waals surface area contributed by atoms with Gasteiger partial charge in [0.05, 0.1) is 17.9 Å². The Morgan fingerprint density at radius 2 is 1.35 bits per heavy atom. The molecule has 2 rings (SSSR count). The van der Waals surface area contributed by atoms with E-state index < -0.39 is 10.8 Å². The van der Waals surface area contributed by atoms with Crippen LogP contribution in [0.15, 0.2) is 58.3 Å². The van der Waals surface area contributed by atoms with E-state index in [2.05, 4.69) is 0 Å². The van der Waals surface area contributed by atoms with Gasteiger partial charge in [0.25, 0.3) is 0 Å². The molecule has 0 N–H and O–H groups in total. The van der Waals surface area contributed by atoms with Crippen molar-refractivity contribution in [3.05, 3.63) is 54.1 Å². The van der Waals surface area contributed by atoms with Gasteiger partial charge in [-0.15, -0.1) is 0 Å². The van der Waals surface area contributed by atoms with Crippen molar-refractivity contribution in [3.8, 4) is 5.75 Å². The van der Waals surface area contributed by atoms with Gasteiger partial charge in [0.2, 0.25) is 0 Å². The maximum Gasteiger partial charge on any atom is 0.118 e. The Hall–Kier alpha value is -1.61. The third-order valence-electron chi connectivity index (χ3n) is 2.51. The van der Waals surface area contributed by atoms with E-state index in [-0.39, 0.29) is 0 Å². The van der Waals surface area contributed by atoms with Gasteiger partial charge in [-0.2, -0.15) is 0 Å². The average Bonchev–Trinajstić information content (AvgIpc) is 2.39. The fourth-order valence-electron chi connectivity index (χ4n) is 1.50. The van der Waals surface area contributed by atoms with Crippen LogP contribution < -0.4 is 4.74 Å². The van der Waals surface area contributed by atoms with Gasteiger partial charge in [0.1, 0.15) is 5.75 Å². The molecule has 0 unspecified atom stereocenters. The van der Waals surface area contributed by atoms with Crippen molar-refractivity contribution in [1.82, 2.24) is 0 Å². The van der Waals surface area contributed by atoms with Crippen molar-refractivity contribution in [2.24, 2.45) is 0 Å². The van der Waals surface area contributed by atoms with Gasteiger partial charge in [-0.1, -0.05) is 17.7 Å². The molecule has 3 heteroatoms. The Morgan fingerprint density at radius 3 is 1.82 bits per heavy atom. The number of hydrogen-bond acceptors (Lipinski definition) is 2. The van der Waals surface area contributed by atoms with Crippen LogP contribution in [-0.2, 0) is 10.8 Å². The van der Waals surface area contributed by atoms with E-state index in [9.17, 15) is 4.21 Å². The molecule has 0 fully saturated rings. The highest BCUT2D eigenvalue weighted by Crippen LogP contribution is 2.19. The topological polar surface area (TPSA) is 26.3 Å². The van der Waals surface area contributed by atoms with Gasteiger partial charge >= 0.3 is 0 Å². The number of ether oxygens (including phenoxy) is 1. The highest BCUT2D eigenvalue weighted by molar-refractivity contribution is 7.85. The van der Waals surface area contributed by atoms with E-state index in [4.69, 9.17) is 4.74 Å². The molecule has 0 heterocycles. The highest BCUT2D eigenvalue weighted by atomic mass is 32.2. The van der Waals surface area contributed by atoms with Crippen molar-refractivity contribution >= 4 is 10.8 Å². The van der Waals surface area contributed by atoms with Crippen LogP contribution in [-0.4, -0.2) is 11.3 Å². The molecule has 2 aromatic rings. The minimum Gasteiger partial charge on any atom is -0.497 e. The maximum absolute atomic E-state index is 12.2. The summed E-state index contributed by atoms with van der Waals surface area (Å²) < 4.78 is 17.3. The standard InChI is InChI=1S/C14H14O2S/c1-11-3-7-13(8-4-11)17(15)14-9-5-12(16-2)6-10-14/h3-10H,1-2H3/t17-/m1/s1. The van der Waals surface area contributed by atoms with E-state index in [0.29, 0.717) is 0 Å². The van der Waals surface area contributed by atoms with Crippen LogP contribution in [0.4, 0.5) is 0 Å². The third-order valence-corrected chi connectivity index (χ3v) is 3.91. The van der Waals surface area contributed by atoms with E-state index in [1.807, 2.05) is 55.5 Å². The number of hydrogen-bond donors (Lipinski definition) is 0. The van der Waals surface area contributed by atoms with E-state index >= 15 is 0 Å². The molecule has 1 atom stereocenters. The van der Waals surface area contributed by atoms with E-state index in [1.165, 1.54) is 5.56 Å². The summed E-state index contributed by atoms with van der Waals surface area (Å²) in [6, 6.07) is 15.0. The largest absolute Gasteiger partial charge is 0.497 e. The van der Waals surface area contributed by atoms with Crippen LogP contribution in [0.5, 0.6) is 5.75 Å². The van der Waals surface area contributed by atoms with Crippen molar-refractivity contribution < 1.29 is 8.95 Å². The first-order chi connectivity index (χ1) is 8.20. The summed E-state index contributed by atoms with van der Waals surface area (Å²) in [5, 5.41) is 0. The minimum atomic E-state index is -1.12.